The van der Waals surface area contributed by atoms with Gasteiger partial charge in [-0.1, -0.05) is 62.7 Å². The van der Waals surface area contributed by atoms with Gasteiger partial charge >= 0.3 is 5.97 Å². The van der Waals surface area contributed by atoms with E-state index in [1.54, 1.807) is 6.92 Å². The van der Waals surface area contributed by atoms with Gasteiger partial charge in [0, 0.05) is 28.4 Å². The molecule has 0 radical (unpaired) electrons. The summed E-state index contributed by atoms with van der Waals surface area (Å²) in [6.07, 6.45) is 2.95. The molecule has 0 bridgehead atoms. The van der Waals surface area contributed by atoms with Crippen molar-refractivity contribution in [2.45, 2.75) is 53.5 Å². The first-order valence-electron chi connectivity index (χ1n) is 12.3. The summed E-state index contributed by atoms with van der Waals surface area (Å²) >= 11 is 1.35. The van der Waals surface area contributed by atoms with Gasteiger partial charge in [0.15, 0.2) is 0 Å². The van der Waals surface area contributed by atoms with E-state index in [1.807, 2.05) is 36.6 Å². The number of anilines is 1. The SMILES string of the molecule is CCCCn1c(C(=O)Nc2scc(-c3ccc(CC)cc3)c2C(=O)OCC)c(C)c2ccccc21. The molecule has 182 valence electrons. The van der Waals surface area contributed by atoms with E-state index in [4.69, 9.17) is 4.74 Å². The number of ether oxygens (including phenoxy) is 1. The van der Waals surface area contributed by atoms with Gasteiger partial charge in [0.25, 0.3) is 5.91 Å². The van der Waals surface area contributed by atoms with E-state index >= 15 is 0 Å². The smallest absolute Gasteiger partial charge is 0.341 e. The van der Waals surface area contributed by atoms with Gasteiger partial charge in [-0.25, -0.2) is 4.79 Å². The van der Waals surface area contributed by atoms with Crippen LogP contribution in [-0.2, 0) is 17.7 Å². The van der Waals surface area contributed by atoms with Crippen molar-refractivity contribution in [3.8, 4) is 11.1 Å². The van der Waals surface area contributed by atoms with E-state index in [-0.39, 0.29) is 12.5 Å². The Bertz CT molecular complexity index is 1350. The maximum atomic E-state index is 13.7. The predicted molar refractivity (Wildman–Crippen MR) is 145 cm³/mol. The normalized spacial score (nSPS) is 11.1. The van der Waals surface area contributed by atoms with Crippen LogP contribution in [0, 0.1) is 6.92 Å². The third-order valence-electron chi connectivity index (χ3n) is 6.35. The highest BCUT2D eigenvalue weighted by Crippen LogP contribution is 2.37. The largest absolute Gasteiger partial charge is 0.462 e. The lowest BCUT2D eigenvalue weighted by Crippen LogP contribution is -2.19. The van der Waals surface area contributed by atoms with Crippen LogP contribution in [0.5, 0.6) is 0 Å². The van der Waals surface area contributed by atoms with Gasteiger partial charge in [-0.05, 0) is 49.4 Å². The average molecular weight is 489 g/mol. The zero-order valence-corrected chi connectivity index (χ0v) is 21.6. The van der Waals surface area contributed by atoms with Gasteiger partial charge in [0.2, 0.25) is 0 Å². The second kappa shape index (κ2) is 10.9. The molecule has 5 nitrogen and oxygen atoms in total. The van der Waals surface area contributed by atoms with Crippen molar-refractivity contribution < 1.29 is 14.3 Å². The summed E-state index contributed by atoms with van der Waals surface area (Å²) in [7, 11) is 0. The quantitative estimate of drug-likeness (QED) is 0.249. The summed E-state index contributed by atoms with van der Waals surface area (Å²) in [6, 6.07) is 16.3. The van der Waals surface area contributed by atoms with Crippen molar-refractivity contribution >= 4 is 39.1 Å². The number of rotatable bonds is 9. The Morgan fingerprint density at radius 1 is 1.03 bits per heavy atom. The number of fused-ring (bicyclic) bond motifs is 1. The molecule has 4 rings (SSSR count). The summed E-state index contributed by atoms with van der Waals surface area (Å²) in [5.41, 5.74) is 5.96. The number of aromatic nitrogens is 1. The van der Waals surface area contributed by atoms with Crippen molar-refractivity contribution in [2.75, 3.05) is 11.9 Å². The second-order valence-corrected chi connectivity index (χ2v) is 9.45. The number of thiophene rings is 1. The zero-order chi connectivity index (χ0) is 24.9. The minimum atomic E-state index is -0.429. The number of nitrogens with zero attached hydrogens (tertiary/aromatic N) is 1. The van der Waals surface area contributed by atoms with E-state index in [0.717, 1.165) is 53.4 Å². The molecule has 35 heavy (non-hydrogen) atoms. The van der Waals surface area contributed by atoms with Crippen LogP contribution in [0.4, 0.5) is 5.00 Å². The second-order valence-electron chi connectivity index (χ2n) is 8.57. The molecule has 0 saturated heterocycles. The highest BCUT2D eigenvalue weighted by molar-refractivity contribution is 7.15. The van der Waals surface area contributed by atoms with Gasteiger partial charge in [-0.2, -0.15) is 0 Å². The minimum absolute atomic E-state index is 0.213. The molecule has 0 atom stereocenters. The lowest BCUT2D eigenvalue weighted by molar-refractivity contribution is 0.0529. The maximum Gasteiger partial charge on any atom is 0.341 e. The number of aryl methyl sites for hydroxylation is 3. The van der Waals surface area contributed by atoms with Crippen LogP contribution in [0.15, 0.2) is 53.9 Å². The Kier molecular flexibility index (Phi) is 7.71. The minimum Gasteiger partial charge on any atom is -0.462 e. The first kappa shape index (κ1) is 24.7. The maximum absolute atomic E-state index is 13.7. The van der Waals surface area contributed by atoms with Crippen LogP contribution in [0.1, 0.15) is 65.6 Å². The van der Waals surface area contributed by atoms with Crippen molar-refractivity contribution in [1.29, 1.82) is 0 Å². The molecule has 4 aromatic rings. The number of benzene rings is 2. The van der Waals surface area contributed by atoms with Crippen LogP contribution in [0.3, 0.4) is 0 Å². The fourth-order valence-corrected chi connectivity index (χ4v) is 5.42. The molecule has 2 aromatic heterocycles. The van der Waals surface area contributed by atoms with E-state index in [2.05, 4.69) is 48.0 Å². The molecule has 0 spiro atoms. The summed E-state index contributed by atoms with van der Waals surface area (Å²) in [6.45, 7) is 9.05. The molecular weight excluding hydrogens is 456 g/mol. The third-order valence-corrected chi connectivity index (χ3v) is 7.24. The molecule has 2 aromatic carbocycles. The number of carbonyl (C=O) groups is 2. The number of esters is 1. The number of hydrogen-bond acceptors (Lipinski definition) is 4. The molecule has 0 unspecified atom stereocenters. The average Bonchev–Trinajstić information content (AvgIpc) is 3.41. The Morgan fingerprint density at radius 2 is 1.77 bits per heavy atom. The highest BCUT2D eigenvalue weighted by atomic mass is 32.1. The van der Waals surface area contributed by atoms with Crippen LogP contribution in [-0.4, -0.2) is 23.1 Å². The van der Waals surface area contributed by atoms with Crippen molar-refractivity contribution in [1.82, 2.24) is 4.57 Å². The molecular formula is C29H32N2O3S. The molecule has 0 aliphatic rings. The number of hydrogen-bond donors (Lipinski definition) is 1. The molecule has 0 saturated carbocycles. The third kappa shape index (κ3) is 4.89. The number of amides is 1. The topological polar surface area (TPSA) is 60.3 Å². The number of unbranched alkanes of at least 4 members (excludes halogenated alkanes) is 1. The fourth-order valence-electron chi connectivity index (χ4n) is 4.47. The molecule has 0 aliphatic heterocycles. The van der Waals surface area contributed by atoms with Crippen LogP contribution in [0.25, 0.3) is 22.0 Å². The Labute approximate surface area is 210 Å². The molecule has 1 N–H and O–H groups in total. The summed E-state index contributed by atoms with van der Waals surface area (Å²) in [5.74, 6) is -0.642. The molecule has 1 amide bonds. The lowest BCUT2D eigenvalue weighted by Gasteiger charge is -2.12. The molecule has 6 heteroatoms. The van der Waals surface area contributed by atoms with Crippen molar-refractivity contribution in [3.63, 3.8) is 0 Å². The first-order valence-corrected chi connectivity index (χ1v) is 13.1. The molecule has 2 heterocycles. The Balaban J connectivity index is 1.75. The highest BCUT2D eigenvalue weighted by Gasteiger charge is 2.26. The first-order chi connectivity index (χ1) is 17.0. The molecule has 0 fully saturated rings. The van der Waals surface area contributed by atoms with Crippen LogP contribution in [0.2, 0.25) is 0 Å². The fraction of sp³-hybridized carbons (Fsp3) is 0.310. The Morgan fingerprint density at radius 3 is 2.46 bits per heavy atom. The Hall–Kier alpha value is -3.38. The van der Waals surface area contributed by atoms with Gasteiger partial charge in [0.1, 0.15) is 16.3 Å². The number of para-hydroxylation sites is 1. The van der Waals surface area contributed by atoms with E-state index in [0.29, 0.717) is 16.3 Å². The van der Waals surface area contributed by atoms with Crippen molar-refractivity contribution in [3.05, 3.63) is 76.3 Å². The van der Waals surface area contributed by atoms with E-state index in [1.165, 1.54) is 16.9 Å². The van der Waals surface area contributed by atoms with Gasteiger partial charge < -0.3 is 14.6 Å². The van der Waals surface area contributed by atoms with Gasteiger partial charge in [-0.3, -0.25) is 4.79 Å². The summed E-state index contributed by atoms with van der Waals surface area (Å²) < 4.78 is 7.48. The number of nitrogens with one attached hydrogen (secondary N) is 1. The van der Waals surface area contributed by atoms with E-state index in [9.17, 15) is 9.59 Å². The van der Waals surface area contributed by atoms with Gasteiger partial charge in [-0.15, -0.1) is 11.3 Å². The van der Waals surface area contributed by atoms with Crippen LogP contribution < -0.4 is 5.32 Å². The van der Waals surface area contributed by atoms with E-state index < -0.39 is 5.97 Å². The standard InChI is InChI=1S/C29H32N2O3S/c1-5-8-17-31-24-12-10-9-11-22(24)19(4)26(31)27(32)30-28-25(29(33)34-7-3)23(18-35-28)21-15-13-20(6-2)14-16-21/h9-16,18H,5-8,17H2,1-4H3,(H,30,32). The predicted octanol–water partition coefficient (Wildman–Crippen LogP) is 7.47. The van der Waals surface area contributed by atoms with Gasteiger partial charge in [0.05, 0.1) is 6.61 Å². The van der Waals surface area contributed by atoms with Crippen LogP contribution >= 0.6 is 11.3 Å². The van der Waals surface area contributed by atoms with Crippen molar-refractivity contribution in [2.24, 2.45) is 0 Å². The summed E-state index contributed by atoms with van der Waals surface area (Å²) in [5, 5.41) is 6.55. The lowest BCUT2D eigenvalue weighted by atomic mass is 10.0. The number of carbonyl (C=O) groups excluding carboxylic acids is 2. The summed E-state index contributed by atoms with van der Waals surface area (Å²) in [4.78, 5) is 26.7. The zero-order valence-electron chi connectivity index (χ0n) is 20.8. The molecule has 0 aliphatic carbocycles. The monoisotopic (exact) mass is 488 g/mol.